The molecule has 1 aromatic heterocycles. The van der Waals surface area contributed by atoms with Gasteiger partial charge in [-0.25, -0.2) is 4.63 Å². The minimum atomic E-state index is -0.439. The van der Waals surface area contributed by atoms with E-state index in [0.717, 1.165) is 5.56 Å². The zero-order valence-electron chi connectivity index (χ0n) is 14.8. The number of ether oxygens (including phenoxy) is 2. The first-order valence-corrected chi connectivity index (χ1v) is 8.40. The van der Waals surface area contributed by atoms with Crippen LogP contribution in [0.2, 0.25) is 5.02 Å². The Balaban J connectivity index is 1.83. The number of aromatic nitrogens is 2. The second-order valence-electron chi connectivity index (χ2n) is 5.71. The van der Waals surface area contributed by atoms with Gasteiger partial charge in [-0.05, 0) is 41.9 Å². The lowest BCUT2D eigenvalue weighted by Crippen LogP contribution is -2.32. The van der Waals surface area contributed by atoms with Gasteiger partial charge >= 0.3 is 0 Å². The van der Waals surface area contributed by atoms with Crippen LogP contribution in [0.5, 0.6) is 11.5 Å². The van der Waals surface area contributed by atoms with Gasteiger partial charge in [-0.3, -0.25) is 4.79 Å². The van der Waals surface area contributed by atoms with Crippen LogP contribution in [0.3, 0.4) is 0 Å². The van der Waals surface area contributed by atoms with Crippen molar-refractivity contribution < 1.29 is 18.9 Å². The molecule has 1 amide bonds. The molecule has 0 aliphatic carbocycles. The van der Waals surface area contributed by atoms with Crippen LogP contribution in [-0.2, 0) is 6.54 Å². The van der Waals surface area contributed by atoms with Gasteiger partial charge in [0.1, 0.15) is 0 Å². The molecule has 4 N–H and O–H groups in total. The quantitative estimate of drug-likeness (QED) is 0.558. The fraction of sp³-hybridized carbons (Fsp3) is 0.438. The van der Waals surface area contributed by atoms with Crippen LogP contribution >= 0.6 is 11.6 Å². The van der Waals surface area contributed by atoms with E-state index in [-0.39, 0.29) is 17.6 Å². The Morgan fingerprint density at radius 3 is 2.73 bits per heavy atom. The third kappa shape index (κ3) is 5.24. The van der Waals surface area contributed by atoms with Gasteiger partial charge in [0.05, 0.1) is 18.2 Å². The smallest absolute Gasteiger partial charge is 0.277 e. The molecule has 1 heterocycles. The van der Waals surface area contributed by atoms with Gasteiger partial charge in [0.25, 0.3) is 5.91 Å². The molecule has 0 saturated heterocycles. The number of nitrogens with one attached hydrogen (secondary N) is 2. The first-order chi connectivity index (χ1) is 12.4. The molecule has 0 aliphatic rings. The monoisotopic (exact) mass is 383 g/mol. The van der Waals surface area contributed by atoms with E-state index in [0.29, 0.717) is 36.2 Å². The van der Waals surface area contributed by atoms with E-state index in [9.17, 15) is 4.79 Å². The second kappa shape index (κ2) is 9.25. The molecule has 0 spiro atoms. The Morgan fingerprint density at radius 1 is 1.35 bits per heavy atom. The first kappa shape index (κ1) is 19.8. The summed E-state index contributed by atoms with van der Waals surface area (Å²) in [4.78, 5) is 11.8. The molecule has 0 unspecified atom stereocenters. The maximum absolute atomic E-state index is 11.8. The fourth-order valence-corrected chi connectivity index (χ4v) is 2.44. The molecule has 2 aromatic rings. The van der Waals surface area contributed by atoms with Gasteiger partial charge in [-0.1, -0.05) is 11.6 Å². The summed E-state index contributed by atoms with van der Waals surface area (Å²) in [6.45, 7) is 5.29. The van der Waals surface area contributed by atoms with Gasteiger partial charge in [0.2, 0.25) is 11.5 Å². The second-order valence-corrected chi connectivity index (χ2v) is 6.11. The van der Waals surface area contributed by atoms with Crippen LogP contribution in [0, 0.1) is 0 Å². The number of methoxy groups -OCH3 is 1. The predicted octanol–water partition coefficient (Wildman–Crippen LogP) is 1.62. The molecular formula is C16H22ClN5O4. The number of nitrogens with two attached hydrogens (primary N) is 1. The number of hydrogen-bond acceptors (Lipinski definition) is 8. The molecular weight excluding hydrogens is 362 g/mol. The summed E-state index contributed by atoms with van der Waals surface area (Å²) in [5, 5.41) is 13.1. The normalized spacial score (nSPS) is 10.8. The van der Waals surface area contributed by atoms with Gasteiger partial charge in [0, 0.05) is 19.6 Å². The first-order valence-electron chi connectivity index (χ1n) is 8.02. The minimum Gasteiger partial charge on any atom is -0.493 e. The van der Waals surface area contributed by atoms with E-state index >= 15 is 0 Å². The summed E-state index contributed by atoms with van der Waals surface area (Å²) in [6.07, 6.45) is -0.0112. The summed E-state index contributed by atoms with van der Waals surface area (Å²) in [5.74, 6) is 0.621. The molecule has 1 aromatic carbocycles. The molecule has 2 rings (SSSR count). The lowest BCUT2D eigenvalue weighted by Gasteiger charge is -2.16. The van der Waals surface area contributed by atoms with E-state index < -0.39 is 5.91 Å². The maximum atomic E-state index is 11.8. The van der Waals surface area contributed by atoms with Crippen molar-refractivity contribution in [2.24, 2.45) is 0 Å². The Morgan fingerprint density at radius 2 is 2.12 bits per heavy atom. The van der Waals surface area contributed by atoms with Crippen molar-refractivity contribution in [1.29, 1.82) is 0 Å². The van der Waals surface area contributed by atoms with E-state index in [4.69, 9.17) is 26.8 Å². The summed E-state index contributed by atoms with van der Waals surface area (Å²) in [5.41, 5.74) is 6.36. The largest absolute Gasteiger partial charge is 0.493 e. The number of nitrogen functional groups attached to an aromatic ring is 1. The molecule has 9 nitrogen and oxygen atoms in total. The summed E-state index contributed by atoms with van der Waals surface area (Å²) in [7, 11) is 1.57. The van der Waals surface area contributed by atoms with Crippen LogP contribution in [0.1, 0.15) is 29.9 Å². The standard InChI is InChI=1S/C16H22ClN5O4/c1-9(2)25-14-11(17)6-10(7-12(14)24-3)8-19-4-5-20-16(23)13-15(18)22-26-21-13/h6-7,9,19H,4-5,8H2,1-3H3,(H2,18,22)(H,20,23). The highest BCUT2D eigenvalue weighted by Gasteiger charge is 2.15. The number of halogens is 1. The van der Waals surface area contributed by atoms with Gasteiger partial charge in [0.15, 0.2) is 11.5 Å². The third-order valence-corrected chi connectivity index (χ3v) is 3.57. The zero-order valence-corrected chi connectivity index (χ0v) is 15.6. The third-order valence-electron chi connectivity index (χ3n) is 3.29. The van der Waals surface area contributed by atoms with Crippen molar-refractivity contribution in [3.05, 3.63) is 28.4 Å². The Hall–Kier alpha value is -2.52. The number of nitrogens with zero attached hydrogens (tertiary/aromatic N) is 2. The van der Waals surface area contributed by atoms with E-state index in [2.05, 4.69) is 25.6 Å². The van der Waals surface area contributed by atoms with Crippen molar-refractivity contribution in [2.75, 3.05) is 25.9 Å². The van der Waals surface area contributed by atoms with Crippen molar-refractivity contribution in [2.45, 2.75) is 26.5 Å². The van der Waals surface area contributed by atoms with Crippen LogP contribution in [-0.4, -0.2) is 42.5 Å². The van der Waals surface area contributed by atoms with Crippen molar-refractivity contribution >= 4 is 23.3 Å². The zero-order chi connectivity index (χ0) is 19.1. The van der Waals surface area contributed by atoms with Crippen LogP contribution < -0.4 is 25.8 Å². The lowest BCUT2D eigenvalue weighted by molar-refractivity contribution is 0.0944. The number of benzene rings is 1. The molecule has 0 saturated carbocycles. The van der Waals surface area contributed by atoms with Gasteiger partial charge < -0.3 is 25.8 Å². The number of carbonyl (C=O) groups is 1. The predicted molar refractivity (Wildman–Crippen MR) is 96.5 cm³/mol. The van der Waals surface area contributed by atoms with Crippen LogP contribution in [0.4, 0.5) is 5.82 Å². The average Bonchev–Trinajstić information content (AvgIpc) is 3.02. The molecule has 26 heavy (non-hydrogen) atoms. The van der Waals surface area contributed by atoms with Crippen molar-refractivity contribution in [3.8, 4) is 11.5 Å². The molecule has 0 atom stereocenters. The number of rotatable bonds is 9. The SMILES string of the molecule is COc1cc(CNCCNC(=O)c2nonc2N)cc(Cl)c1OC(C)C. The van der Waals surface area contributed by atoms with Crippen LogP contribution in [0.15, 0.2) is 16.8 Å². The molecule has 0 bridgehead atoms. The van der Waals surface area contributed by atoms with Gasteiger partial charge in [-0.15, -0.1) is 0 Å². The molecule has 0 aliphatic heterocycles. The molecule has 10 heteroatoms. The van der Waals surface area contributed by atoms with Gasteiger partial charge in [-0.2, -0.15) is 0 Å². The Labute approximate surface area is 156 Å². The lowest BCUT2D eigenvalue weighted by atomic mass is 10.2. The van der Waals surface area contributed by atoms with E-state index in [1.54, 1.807) is 7.11 Å². The van der Waals surface area contributed by atoms with Crippen molar-refractivity contribution in [1.82, 2.24) is 20.9 Å². The Bertz CT molecular complexity index is 750. The van der Waals surface area contributed by atoms with E-state index in [1.165, 1.54) is 0 Å². The van der Waals surface area contributed by atoms with E-state index in [1.807, 2.05) is 26.0 Å². The fourth-order valence-electron chi connectivity index (χ4n) is 2.16. The Kier molecular flexibility index (Phi) is 7.05. The summed E-state index contributed by atoms with van der Waals surface area (Å²) >= 11 is 6.29. The highest BCUT2D eigenvalue weighted by atomic mass is 35.5. The van der Waals surface area contributed by atoms with Crippen molar-refractivity contribution in [3.63, 3.8) is 0 Å². The highest BCUT2D eigenvalue weighted by Crippen LogP contribution is 2.37. The molecule has 0 radical (unpaired) electrons. The topological polar surface area (TPSA) is 125 Å². The number of carbonyl (C=O) groups excluding carboxylic acids is 1. The maximum Gasteiger partial charge on any atom is 0.277 e. The highest BCUT2D eigenvalue weighted by molar-refractivity contribution is 6.32. The van der Waals surface area contributed by atoms with Crippen LogP contribution in [0.25, 0.3) is 0 Å². The molecule has 142 valence electrons. The number of anilines is 1. The summed E-state index contributed by atoms with van der Waals surface area (Å²) < 4.78 is 15.4. The number of hydrogen-bond donors (Lipinski definition) is 3. The summed E-state index contributed by atoms with van der Waals surface area (Å²) in [6, 6.07) is 3.67. The number of amides is 1. The molecule has 0 fully saturated rings. The minimum absolute atomic E-state index is 0.0112. The average molecular weight is 384 g/mol.